The predicted molar refractivity (Wildman–Crippen MR) is 147 cm³/mol. The van der Waals surface area contributed by atoms with E-state index in [1.807, 2.05) is 54.6 Å². The number of hydrogen-bond acceptors (Lipinski definition) is 4. The number of H-pyrrole nitrogens is 1. The zero-order valence-corrected chi connectivity index (χ0v) is 22.4. The van der Waals surface area contributed by atoms with Crippen LogP contribution in [0.2, 0.25) is 18.1 Å². The lowest BCUT2D eigenvalue weighted by Gasteiger charge is -2.37. The fourth-order valence-corrected chi connectivity index (χ4v) is 4.88. The summed E-state index contributed by atoms with van der Waals surface area (Å²) in [6.07, 6.45) is 1.81. The lowest BCUT2D eigenvalue weighted by Crippen LogP contribution is -2.44. The van der Waals surface area contributed by atoms with Crippen molar-refractivity contribution in [2.75, 3.05) is 19.0 Å². The molecule has 0 radical (unpaired) electrons. The SMILES string of the molecule is COc1cccc(NCC(=O)c2c[nH]c3cccc(-c4ccccc4O[Si](C)(C)C(C)(C)C)c23)c1. The summed E-state index contributed by atoms with van der Waals surface area (Å²) in [5, 5.41) is 4.22. The third kappa shape index (κ3) is 5.12. The van der Waals surface area contributed by atoms with Crippen LogP contribution < -0.4 is 14.5 Å². The summed E-state index contributed by atoms with van der Waals surface area (Å²) in [4.78, 5) is 16.6. The van der Waals surface area contributed by atoms with Crippen LogP contribution in [0, 0.1) is 0 Å². The van der Waals surface area contributed by atoms with Gasteiger partial charge in [-0.1, -0.05) is 57.2 Å². The topological polar surface area (TPSA) is 63.3 Å². The summed E-state index contributed by atoms with van der Waals surface area (Å²) in [7, 11) is -0.420. The minimum atomic E-state index is -2.05. The van der Waals surface area contributed by atoms with Crippen LogP contribution in [0.4, 0.5) is 5.69 Å². The maximum atomic E-state index is 13.3. The van der Waals surface area contributed by atoms with E-state index in [4.69, 9.17) is 9.16 Å². The van der Waals surface area contributed by atoms with Gasteiger partial charge in [0.2, 0.25) is 0 Å². The molecule has 5 nitrogen and oxygen atoms in total. The van der Waals surface area contributed by atoms with E-state index in [1.165, 1.54) is 0 Å². The van der Waals surface area contributed by atoms with Crippen LogP contribution >= 0.6 is 0 Å². The number of aromatic amines is 1. The van der Waals surface area contributed by atoms with Crippen molar-refractivity contribution in [3.05, 3.63) is 78.5 Å². The molecule has 0 aliphatic heterocycles. The number of methoxy groups -OCH3 is 1. The van der Waals surface area contributed by atoms with E-state index in [1.54, 1.807) is 13.3 Å². The van der Waals surface area contributed by atoms with E-state index in [9.17, 15) is 4.79 Å². The van der Waals surface area contributed by atoms with Crippen molar-refractivity contribution in [3.63, 3.8) is 0 Å². The third-order valence-corrected chi connectivity index (χ3v) is 11.2. The molecule has 0 saturated carbocycles. The first-order valence-electron chi connectivity index (χ1n) is 11.9. The number of fused-ring (bicyclic) bond motifs is 1. The van der Waals surface area contributed by atoms with E-state index in [0.717, 1.165) is 39.2 Å². The Morgan fingerprint density at radius 1 is 0.971 bits per heavy atom. The molecule has 182 valence electrons. The Balaban J connectivity index is 1.70. The molecule has 0 aliphatic carbocycles. The Labute approximate surface area is 208 Å². The number of aromatic nitrogens is 1. The zero-order valence-electron chi connectivity index (χ0n) is 21.4. The minimum Gasteiger partial charge on any atom is -0.543 e. The van der Waals surface area contributed by atoms with E-state index in [0.29, 0.717) is 5.56 Å². The van der Waals surface area contributed by atoms with E-state index >= 15 is 0 Å². The van der Waals surface area contributed by atoms with E-state index in [-0.39, 0.29) is 17.4 Å². The van der Waals surface area contributed by atoms with Gasteiger partial charge in [0.1, 0.15) is 11.5 Å². The Kier molecular flexibility index (Phi) is 6.76. The number of para-hydroxylation sites is 1. The van der Waals surface area contributed by atoms with Gasteiger partial charge < -0.3 is 19.5 Å². The predicted octanol–water partition coefficient (Wildman–Crippen LogP) is 7.52. The molecule has 0 atom stereocenters. The second kappa shape index (κ2) is 9.62. The lowest BCUT2D eigenvalue weighted by molar-refractivity contribution is 0.101. The molecule has 0 saturated heterocycles. The highest BCUT2D eigenvalue weighted by molar-refractivity contribution is 6.74. The zero-order chi connectivity index (χ0) is 25.2. The number of ketones is 1. The second-order valence-electron chi connectivity index (χ2n) is 10.3. The van der Waals surface area contributed by atoms with Crippen molar-refractivity contribution in [2.24, 2.45) is 0 Å². The molecule has 0 fully saturated rings. The average Bonchev–Trinajstić information content (AvgIpc) is 3.27. The van der Waals surface area contributed by atoms with Gasteiger partial charge in [0, 0.05) is 40.0 Å². The van der Waals surface area contributed by atoms with Crippen LogP contribution in [0.25, 0.3) is 22.0 Å². The molecule has 1 heterocycles. The summed E-state index contributed by atoms with van der Waals surface area (Å²) < 4.78 is 12.0. The van der Waals surface area contributed by atoms with Gasteiger partial charge in [-0.2, -0.15) is 0 Å². The van der Waals surface area contributed by atoms with Crippen LogP contribution in [-0.2, 0) is 0 Å². The van der Waals surface area contributed by atoms with Crippen molar-refractivity contribution in [1.29, 1.82) is 0 Å². The Morgan fingerprint density at radius 2 is 1.69 bits per heavy atom. The number of anilines is 1. The average molecular weight is 487 g/mol. The highest BCUT2D eigenvalue weighted by atomic mass is 28.4. The quantitative estimate of drug-likeness (QED) is 0.200. The minimum absolute atomic E-state index is 0.00863. The maximum absolute atomic E-state index is 13.3. The molecule has 0 aliphatic rings. The maximum Gasteiger partial charge on any atom is 0.250 e. The number of hydrogen-bond donors (Lipinski definition) is 2. The van der Waals surface area contributed by atoms with Gasteiger partial charge in [-0.15, -0.1) is 0 Å². The van der Waals surface area contributed by atoms with E-state index in [2.05, 4.69) is 56.3 Å². The van der Waals surface area contributed by atoms with Crippen LogP contribution in [-0.4, -0.2) is 32.7 Å². The Bertz CT molecular complexity index is 1350. The van der Waals surface area contributed by atoms with Crippen molar-refractivity contribution in [3.8, 4) is 22.6 Å². The fourth-order valence-electron chi connectivity index (χ4n) is 3.85. The van der Waals surface area contributed by atoms with Crippen molar-refractivity contribution in [2.45, 2.75) is 38.9 Å². The first-order chi connectivity index (χ1) is 16.6. The van der Waals surface area contributed by atoms with Gasteiger partial charge >= 0.3 is 0 Å². The molecule has 0 amide bonds. The molecule has 2 N–H and O–H groups in total. The van der Waals surface area contributed by atoms with Crippen LogP contribution in [0.3, 0.4) is 0 Å². The molecule has 6 heteroatoms. The van der Waals surface area contributed by atoms with Crippen molar-refractivity contribution < 1.29 is 14.0 Å². The largest absolute Gasteiger partial charge is 0.543 e. The van der Waals surface area contributed by atoms with Crippen LogP contribution in [0.5, 0.6) is 11.5 Å². The third-order valence-electron chi connectivity index (χ3n) is 6.88. The normalized spacial score (nSPS) is 11.9. The summed E-state index contributed by atoms with van der Waals surface area (Å²) in [5.41, 5.74) is 4.41. The Morgan fingerprint density at radius 3 is 2.43 bits per heavy atom. The molecular weight excluding hydrogens is 452 g/mol. The Hall–Kier alpha value is -3.51. The van der Waals surface area contributed by atoms with Gasteiger partial charge in [-0.25, -0.2) is 0 Å². The number of carbonyl (C=O) groups excluding carboxylic acids is 1. The van der Waals surface area contributed by atoms with Crippen molar-refractivity contribution in [1.82, 2.24) is 4.98 Å². The highest BCUT2D eigenvalue weighted by Gasteiger charge is 2.39. The van der Waals surface area contributed by atoms with Crippen LogP contribution in [0.1, 0.15) is 31.1 Å². The molecular formula is C29H34N2O3Si. The monoisotopic (exact) mass is 486 g/mol. The number of ether oxygens (including phenoxy) is 1. The van der Waals surface area contributed by atoms with Gasteiger partial charge in [-0.3, -0.25) is 4.79 Å². The summed E-state index contributed by atoms with van der Waals surface area (Å²) in [6, 6.07) is 21.8. The highest BCUT2D eigenvalue weighted by Crippen LogP contribution is 2.42. The van der Waals surface area contributed by atoms with Gasteiger partial charge in [0.15, 0.2) is 5.78 Å². The molecule has 4 rings (SSSR count). The van der Waals surface area contributed by atoms with Gasteiger partial charge in [0.25, 0.3) is 8.32 Å². The summed E-state index contributed by atoms with van der Waals surface area (Å²) in [5.74, 6) is 1.62. The number of nitrogens with one attached hydrogen (secondary N) is 2. The summed E-state index contributed by atoms with van der Waals surface area (Å²) >= 11 is 0. The number of carbonyl (C=O) groups is 1. The molecule has 0 bridgehead atoms. The molecule has 0 spiro atoms. The van der Waals surface area contributed by atoms with Crippen LogP contribution in [0.15, 0.2) is 72.9 Å². The first kappa shape index (κ1) is 24.6. The van der Waals surface area contributed by atoms with Gasteiger partial charge in [0.05, 0.1) is 13.7 Å². The fraction of sp³-hybridized carbons (Fsp3) is 0.276. The molecule has 1 aromatic heterocycles. The number of Topliss-reactive ketones (excluding diaryl/α,β-unsaturated/α-hetero) is 1. The standard InChI is InChI=1S/C29H34N2O3Si/c1-29(2,3)35(5,6)34-27-16-8-7-13-22(27)23-14-10-15-25-28(23)24(18-31-25)26(32)19-30-20-11-9-12-21(17-20)33-4/h7-18,30-31H,19H2,1-6H3. The molecule has 3 aromatic carbocycles. The van der Waals surface area contributed by atoms with Crippen molar-refractivity contribution >= 4 is 30.7 Å². The smallest absolute Gasteiger partial charge is 0.250 e. The molecule has 4 aromatic rings. The number of benzene rings is 3. The first-order valence-corrected chi connectivity index (χ1v) is 14.8. The molecule has 35 heavy (non-hydrogen) atoms. The van der Waals surface area contributed by atoms with E-state index < -0.39 is 8.32 Å². The van der Waals surface area contributed by atoms with Gasteiger partial charge in [-0.05, 0) is 48.0 Å². The molecule has 0 unspecified atom stereocenters. The summed E-state index contributed by atoms with van der Waals surface area (Å²) in [6.45, 7) is 11.4. The number of rotatable bonds is 8. The second-order valence-corrected chi connectivity index (χ2v) is 15.0. The lowest BCUT2D eigenvalue weighted by atomic mass is 9.97.